The first kappa shape index (κ1) is 16.9. The third kappa shape index (κ3) is 4.25. The molecule has 0 unspecified atom stereocenters. The number of rotatable bonds is 5. The second-order valence-corrected chi connectivity index (χ2v) is 10.9. The van der Waals surface area contributed by atoms with E-state index in [0.717, 1.165) is 42.1 Å². The van der Waals surface area contributed by atoms with E-state index in [0.29, 0.717) is 11.3 Å². The van der Waals surface area contributed by atoms with Gasteiger partial charge in [-0.1, -0.05) is 121 Å². The highest BCUT2D eigenvalue weighted by atomic mass is 32.1. The molecule has 0 amide bonds. The quantitative estimate of drug-likeness (QED) is 0.202. The van der Waals surface area contributed by atoms with Crippen LogP contribution in [0.25, 0.3) is 53.2 Å². The lowest BCUT2D eigenvalue weighted by Gasteiger charge is -2.26. The third-order valence-corrected chi connectivity index (χ3v) is 8.64. The molecular weight excluding hydrogens is 527 g/mol. The lowest BCUT2D eigenvalue weighted by atomic mass is 9.98. The predicted molar refractivity (Wildman–Crippen MR) is 182 cm³/mol. The van der Waals surface area contributed by atoms with E-state index in [4.69, 9.17) is 6.85 Å². The monoisotopic (exact) mass is 562 g/mol. The summed E-state index contributed by atoms with van der Waals surface area (Å²) in [5, 5.41) is 3.86. The Hall–Kier alpha value is -5.18. The summed E-state index contributed by atoms with van der Waals surface area (Å²) in [4.78, 5) is 1.28. The molecule has 0 saturated carbocycles. The third-order valence-electron chi connectivity index (χ3n) is 7.42. The van der Waals surface area contributed by atoms with Crippen LogP contribution in [0.2, 0.25) is 0 Å². The highest BCUT2D eigenvalue weighted by molar-refractivity contribution is 7.26. The van der Waals surface area contributed by atoms with E-state index >= 15 is 0 Å². The van der Waals surface area contributed by atoms with Gasteiger partial charge in [0.15, 0.2) is 0 Å². The smallest absolute Gasteiger partial charge is 0.0645 e. The lowest BCUT2D eigenvalue weighted by molar-refractivity contribution is 1.28. The lowest BCUT2D eigenvalue weighted by Crippen LogP contribution is -2.09. The average Bonchev–Trinajstić information content (AvgIpc) is 3.54. The SMILES string of the molecule is [2H]c1c([2H])c([2H])c(N(c2cccc(-c3cccc4c3sc3ccccc34)c2)c2c([2H])c([2H])c(-c3cccc4ccccc34)c([2H])c2[2H])c([2H])c1[2H]. The van der Waals surface area contributed by atoms with Gasteiger partial charge in [-0.25, -0.2) is 0 Å². The van der Waals surface area contributed by atoms with E-state index in [9.17, 15) is 5.48 Å². The van der Waals surface area contributed by atoms with Crippen molar-refractivity contribution < 1.29 is 12.3 Å². The van der Waals surface area contributed by atoms with E-state index in [1.54, 1.807) is 41.7 Å². The van der Waals surface area contributed by atoms with E-state index in [1.165, 1.54) is 4.90 Å². The molecular formula is C40H27NS. The minimum absolute atomic E-state index is 0.108. The van der Waals surface area contributed by atoms with Gasteiger partial charge in [-0.2, -0.15) is 0 Å². The maximum absolute atomic E-state index is 9.35. The van der Waals surface area contributed by atoms with Gasteiger partial charge >= 0.3 is 0 Å². The molecule has 0 atom stereocenters. The Morgan fingerprint density at radius 1 is 0.476 bits per heavy atom. The van der Waals surface area contributed by atoms with Gasteiger partial charge in [0.2, 0.25) is 0 Å². The minimum Gasteiger partial charge on any atom is -0.310 e. The molecule has 1 nitrogen and oxygen atoms in total. The first-order chi connectivity index (χ1) is 24.6. The van der Waals surface area contributed by atoms with Crippen LogP contribution < -0.4 is 4.90 Å². The highest BCUT2D eigenvalue weighted by Gasteiger charge is 2.16. The van der Waals surface area contributed by atoms with Crippen LogP contribution in [0.5, 0.6) is 0 Å². The molecule has 0 fully saturated rings. The fourth-order valence-corrected chi connectivity index (χ4v) is 6.75. The molecule has 0 aliphatic carbocycles. The number of nitrogens with zero attached hydrogens (tertiary/aromatic N) is 1. The van der Waals surface area contributed by atoms with Crippen LogP contribution in [0.3, 0.4) is 0 Å². The van der Waals surface area contributed by atoms with Crippen molar-refractivity contribution in [1.29, 1.82) is 0 Å². The van der Waals surface area contributed by atoms with E-state index in [2.05, 4.69) is 18.2 Å². The number of thiophene rings is 1. The number of anilines is 3. The molecule has 0 aliphatic rings. The number of fused-ring (bicyclic) bond motifs is 4. The first-order valence-corrected chi connectivity index (χ1v) is 14.4. The summed E-state index contributed by atoms with van der Waals surface area (Å²) in [5.41, 5.74) is 2.12. The maximum atomic E-state index is 9.35. The fourth-order valence-electron chi connectivity index (χ4n) is 5.51. The Bertz CT molecular complexity index is 2660. The summed E-state index contributed by atoms with van der Waals surface area (Å²) >= 11 is 1.66. The van der Waals surface area contributed by atoms with Crippen LogP contribution in [0.4, 0.5) is 17.1 Å². The summed E-state index contributed by atoms with van der Waals surface area (Å²) in [6.07, 6.45) is 0. The van der Waals surface area contributed by atoms with Crippen LogP contribution in [0.15, 0.2) is 164 Å². The number of benzene rings is 7. The maximum Gasteiger partial charge on any atom is 0.0645 e. The molecule has 0 aliphatic heterocycles. The molecule has 0 N–H and O–H groups in total. The summed E-state index contributed by atoms with van der Waals surface area (Å²) < 4.78 is 82.5. The van der Waals surface area contributed by atoms with Crippen LogP contribution in [-0.2, 0) is 0 Å². The number of para-hydroxylation sites is 1. The highest BCUT2D eigenvalue weighted by Crippen LogP contribution is 2.42. The van der Waals surface area contributed by atoms with Crippen molar-refractivity contribution in [3.63, 3.8) is 0 Å². The standard InChI is InChI=1S/C40H27NS/c1-2-14-31(15-3-1)41(32-25-23-29(24-26-32)35-19-9-12-28-11-4-5-17-34(28)35)33-16-8-13-30(27-33)36-20-10-21-38-37-18-6-7-22-39(37)42-40(36)38/h1-27H/i1D,2D,3D,14D,15D,23D,24D,25D,26D. The molecule has 0 bridgehead atoms. The molecule has 198 valence electrons. The molecule has 1 heterocycles. The predicted octanol–water partition coefficient (Wildman–Crippen LogP) is 12.0. The van der Waals surface area contributed by atoms with Crippen molar-refractivity contribution in [1.82, 2.24) is 0 Å². The van der Waals surface area contributed by atoms with Gasteiger partial charge in [-0.3, -0.25) is 0 Å². The normalized spacial score (nSPS) is 14.3. The minimum atomic E-state index is -0.579. The average molecular weight is 563 g/mol. The largest absolute Gasteiger partial charge is 0.310 e. The van der Waals surface area contributed by atoms with Crippen LogP contribution >= 0.6 is 11.3 Å². The van der Waals surface area contributed by atoms with Crippen molar-refractivity contribution in [3.05, 3.63) is 164 Å². The van der Waals surface area contributed by atoms with Crippen LogP contribution in [0.1, 0.15) is 12.3 Å². The Morgan fingerprint density at radius 2 is 1.14 bits per heavy atom. The number of hydrogen-bond donors (Lipinski definition) is 0. The summed E-state index contributed by atoms with van der Waals surface area (Å²) in [6, 6.07) is 30.1. The van der Waals surface area contributed by atoms with Gasteiger partial charge < -0.3 is 4.90 Å². The molecule has 0 spiro atoms. The second kappa shape index (κ2) is 10.3. The molecule has 8 rings (SSSR count). The zero-order chi connectivity index (χ0) is 35.7. The van der Waals surface area contributed by atoms with Gasteiger partial charge in [-0.05, 0) is 75.4 Å². The van der Waals surface area contributed by atoms with E-state index in [-0.39, 0.29) is 29.0 Å². The molecule has 42 heavy (non-hydrogen) atoms. The van der Waals surface area contributed by atoms with Crippen molar-refractivity contribution in [2.45, 2.75) is 0 Å². The Balaban J connectivity index is 1.41. The van der Waals surface area contributed by atoms with Crippen molar-refractivity contribution >= 4 is 59.3 Å². The molecule has 1 aromatic heterocycles. The van der Waals surface area contributed by atoms with Crippen molar-refractivity contribution in [2.24, 2.45) is 0 Å². The molecule has 2 heteroatoms. The van der Waals surface area contributed by atoms with Gasteiger partial charge in [0.25, 0.3) is 0 Å². The van der Waals surface area contributed by atoms with Gasteiger partial charge in [0.05, 0.1) is 12.3 Å². The summed E-state index contributed by atoms with van der Waals surface area (Å²) in [7, 11) is 0. The molecule has 0 radical (unpaired) electrons. The molecule has 7 aromatic carbocycles. The van der Waals surface area contributed by atoms with Crippen molar-refractivity contribution in [3.8, 4) is 22.3 Å². The Labute approximate surface area is 262 Å². The number of hydrogen-bond acceptors (Lipinski definition) is 2. The van der Waals surface area contributed by atoms with Crippen molar-refractivity contribution in [2.75, 3.05) is 4.90 Å². The Kier molecular flexibility index (Phi) is 4.17. The van der Waals surface area contributed by atoms with E-state index < -0.39 is 42.3 Å². The van der Waals surface area contributed by atoms with Gasteiger partial charge in [0, 0.05) is 37.2 Å². The van der Waals surface area contributed by atoms with Gasteiger partial charge in [-0.15, -0.1) is 11.3 Å². The molecule has 0 saturated heterocycles. The zero-order valence-electron chi connectivity index (χ0n) is 31.2. The zero-order valence-corrected chi connectivity index (χ0v) is 23.1. The summed E-state index contributed by atoms with van der Waals surface area (Å²) in [5.74, 6) is 0. The molecule has 8 aromatic rings. The van der Waals surface area contributed by atoms with Crippen LogP contribution in [-0.4, -0.2) is 0 Å². The Morgan fingerprint density at radius 3 is 2.02 bits per heavy atom. The van der Waals surface area contributed by atoms with Gasteiger partial charge in [0.1, 0.15) is 0 Å². The topological polar surface area (TPSA) is 3.24 Å². The second-order valence-electron chi connectivity index (χ2n) is 9.89. The van der Waals surface area contributed by atoms with E-state index in [1.807, 2.05) is 60.7 Å². The van der Waals surface area contributed by atoms with Crippen LogP contribution in [0, 0.1) is 0 Å². The fraction of sp³-hybridized carbons (Fsp3) is 0. The summed E-state index contributed by atoms with van der Waals surface area (Å²) in [6.45, 7) is 0. The first-order valence-electron chi connectivity index (χ1n) is 18.0.